The molecule has 0 aromatic heterocycles. The van der Waals surface area contributed by atoms with Crippen LogP contribution in [-0.4, -0.2) is 18.6 Å². The van der Waals surface area contributed by atoms with E-state index in [2.05, 4.69) is 0 Å². The number of rotatable bonds is 5. The summed E-state index contributed by atoms with van der Waals surface area (Å²) < 4.78 is 5.00. The number of benzene rings is 1. The summed E-state index contributed by atoms with van der Waals surface area (Å²) in [5, 5.41) is 0.730. The van der Waals surface area contributed by atoms with Crippen LogP contribution in [0.25, 0.3) is 0 Å². The van der Waals surface area contributed by atoms with E-state index in [4.69, 9.17) is 22.1 Å². The van der Waals surface area contributed by atoms with Crippen LogP contribution in [0.15, 0.2) is 24.3 Å². The van der Waals surface area contributed by atoms with Crippen LogP contribution in [0.5, 0.6) is 0 Å². The Morgan fingerprint density at radius 1 is 1.42 bits per heavy atom. The highest BCUT2D eigenvalue weighted by molar-refractivity contribution is 6.30. The van der Waals surface area contributed by atoms with Crippen molar-refractivity contribution in [3.63, 3.8) is 0 Å². The summed E-state index contributed by atoms with van der Waals surface area (Å²) >= 11 is 5.92. The number of carbonyl (C=O) groups is 1. The van der Waals surface area contributed by atoms with Gasteiger partial charge in [0, 0.05) is 17.5 Å². The van der Waals surface area contributed by atoms with Crippen molar-refractivity contribution in [1.29, 1.82) is 0 Å². The molecule has 1 aromatic carbocycles. The Bertz CT molecular complexity index is 438. The van der Waals surface area contributed by atoms with Crippen LogP contribution < -0.4 is 5.73 Å². The summed E-state index contributed by atoms with van der Waals surface area (Å²) in [4.78, 5) is 11.5. The molecular formula is C15H20ClNO2. The Kier molecular flexibility index (Phi) is 4.48. The van der Waals surface area contributed by atoms with Crippen molar-refractivity contribution in [2.75, 3.05) is 6.61 Å². The van der Waals surface area contributed by atoms with Crippen molar-refractivity contribution in [1.82, 2.24) is 0 Å². The predicted octanol–water partition coefficient (Wildman–Crippen LogP) is 3.04. The molecule has 1 aromatic rings. The molecule has 0 bridgehead atoms. The third-order valence-corrected chi connectivity index (χ3v) is 4.13. The zero-order chi connectivity index (χ0) is 13.9. The van der Waals surface area contributed by atoms with Gasteiger partial charge in [0.1, 0.15) is 0 Å². The minimum Gasteiger partial charge on any atom is -0.466 e. The molecule has 0 heterocycles. The van der Waals surface area contributed by atoms with Gasteiger partial charge in [0.15, 0.2) is 0 Å². The van der Waals surface area contributed by atoms with Gasteiger partial charge in [-0.1, -0.05) is 23.7 Å². The average molecular weight is 282 g/mol. The van der Waals surface area contributed by atoms with Gasteiger partial charge in [0.25, 0.3) is 0 Å². The Balaban J connectivity index is 2.06. The number of carbonyl (C=O) groups excluding carboxylic acids is 1. The van der Waals surface area contributed by atoms with Gasteiger partial charge in [-0.25, -0.2) is 0 Å². The smallest absolute Gasteiger partial charge is 0.305 e. The maximum absolute atomic E-state index is 11.5. The molecule has 0 saturated heterocycles. The van der Waals surface area contributed by atoms with Crippen LogP contribution in [-0.2, 0) is 14.9 Å². The Morgan fingerprint density at radius 2 is 2.05 bits per heavy atom. The van der Waals surface area contributed by atoms with E-state index >= 15 is 0 Å². The van der Waals surface area contributed by atoms with Gasteiger partial charge < -0.3 is 10.5 Å². The third-order valence-electron chi connectivity index (χ3n) is 3.88. The van der Waals surface area contributed by atoms with Crippen molar-refractivity contribution in [2.24, 2.45) is 5.73 Å². The maximum atomic E-state index is 11.5. The van der Waals surface area contributed by atoms with Crippen LogP contribution in [0.1, 0.15) is 38.2 Å². The van der Waals surface area contributed by atoms with Gasteiger partial charge >= 0.3 is 5.97 Å². The maximum Gasteiger partial charge on any atom is 0.305 e. The van der Waals surface area contributed by atoms with E-state index in [0.29, 0.717) is 13.0 Å². The molecule has 3 nitrogen and oxygen atoms in total. The first-order valence-corrected chi connectivity index (χ1v) is 7.11. The molecule has 2 N–H and O–H groups in total. The molecule has 1 saturated carbocycles. The molecule has 0 radical (unpaired) electrons. The Morgan fingerprint density at radius 3 is 2.58 bits per heavy atom. The molecule has 0 atom stereocenters. The molecule has 1 fully saturated rings. The minimum absolute atomic E-state index is 0.0246. The van der Waals surface area contributed by atoms with Gasteiger partial charge in [-0.2, -0.15) is 0 Å². The van der Waals surface area contributed by atoms with E-state index in [1.807, 2.05) is 31.2 Å². The Hall–Kier alpha value is -1.06. The van der Waals surface area contributed by atoms with E-state index < -0.39 is 0 Å². The normalized spacial score (nSPS) is 25.7. The molecule has 0 amide bonds. The number of halogens is 1. The monoisotopic (exact) mass is 281 g/mol. The van der Waals surface area contributed by atoms with Crippen LogP contribution in [0.4, 0.5) is 0 Å². The van der Waals surface area contributed by atoms with Gasteiger partial charge in [-0.3, -0.25) is 4.79 Å². The standard InChI is InChI=1S/C15H20ClNO2/c1-2-19-14(18)7-8-15(9-13(17)10-15)11-3-5-12(16)6-4-11/h3-6,13H,2,7-10,17H2,1H3. The second-order valence-electron chi connectivity index (χ2n) is 5.26. The van der Waals surface area contributed by atoms with Gasteiger partial charge in [0.05, 0.1) is 6.61 Å². The second kappa shape index (κ2) is 5.93. The van der Waals surface area contributed by atoms with Gasteiger partial charge in [0.2, 0.25) is 0 Å². The predicted molar refractivity (Wildman–Crippen MR) is 76.2 cm³/mol. The lowest BCUT2D eigenvalue weighted by molar-refractivity contribution is -0.143. The van der Waals surface area contributed by atoms with Crippen molar-refractivity contribution in [3.05, 3.63) is 34.9 Å². The first-order chi connectivity index (χ1) is 9.05. The topological polar surface area (TPSA) is 52.3 Å². The molecule has 4 heteroatoms. The molecule has 104 valence electrons. The first kappa shape index (κ1) is 14.4. The van der Waals surface area contributed by atoms with E-state index in [1.165, 1.54) is 5.56 Å². The minimum atomic E-state index is -0.128. The number of hydrogen-bond acceptors (Lipinski definition) is 3. The lowest BCUT2D eigenvalue weighted by Gasteiger charge is -2.47. The second-order valence-corrected chi connectivity index (χ2v) is 5.70. The van der Waals surface area contributed by atoms with Gasteiger partial charge in [-0.15, -0.1) is 0 Å². The number of nitrogens with two attached hydrogens (primary N) is 1. The SMILES string of the molecule is CCOC(=O)CCC1(c2ccc(Cl)cc2)CC(N)C1. The first-order valence-electron chi connectivity index (χ1n) is 6.73. The zero-order valence-electron chi connectivity index (χ0n) is 11.2. The van der Waals surface area contributed by atoms with Crippen molar-refractivity contribution < 1.29 is 9.53 Å². The summed E-state index contributed by atoms with van der Waals surface area (Å²) in [6, 6.07) is 8.11. The van der Waals surface area contributed by atoms with Crippen LogP contribution >= 0.6 is 11.6 Å². The molecule has 19 heavy (non-hydrogen) atoms. The van der Waals surface area contributed by atoms with E-state index in [-0.39, 0.29) is 17.4 Å². The summed E-state index contributed by atoms with van der Waals surface area (Å²) in [6.07, 6.45) is 3.09. The molecule has 1 aliphatic carbocycles. The van der Waals surface area contributed by atoms with Crippen LogP contribution in [0.2, 0.25) is 5.02 Å². The molecule has 0 aliphatic heterocycles. The average Bonchev–Trinajstić information content (AvgIpc) is 2.34. The van der Waals surface area contributed by atoms with Crippen LogP contribution in [0, 0.1) is 0 Å². The van der Waals surface area contributed by atoms with Crippen LogP contribution in [0.3, 0.4) is 0 Å². The van der Waals surface area contributed by atoms with Crippen molar-refractivity contribution in [3.8, 4) is 0 Å². The molecule has 0 spiro atoms. The molecule has 1 aliphatic rings. The molecule has 2 rings (SSSR count). The quantitative estimate of drug-likeness (QED) is 0.844. The zero-order valence-corrected chi connectivity index (χ0v) is 12.0. The van der Waals surface area contributed by atoms with Gasteiger partial charge in [-0.05, 0) is 49.3 Å². The summed E-state index contributed by atoms with van der Waals surface area (Å²) in [7, 11) is 0. The summed E-state index contributed by atoms with van der Waals surface area (Å²) in [6.45, 7) is 2.26. The molecular weight excluding hydrogens is 262 g/mol. The summed E-state index contributed by atoms with van der Waals surface area (Å²) in [5.74, 6) is -0.128. The Labute approximate surface area is 119 Å². The fourth-order valence-corrected chi connectivity index (χ4v) is 3.03. The number of esters is 1. The third kappa shape index (κ3) is 3.28. The fourth-order valence-electron chi connectivity index (χ4n) is 2.91. The highest BCUT2D eigenvalue weighted by atomic mass is 35.5. The lowest BCUT2D eigenvalue weighted by atomic mass is 9.59. The van der Waals surface area contributed by atoms with E-state index in [9.17, 15) is 4.79 Å². The lowest BCUT2D eigenvalue weighted by Crippen LogP contribution is -2.49. The van der Waals surface area contributed by atoms with E-state index in [1.54, 1.807) is 0 Å². The number of hydrogen-bond donors (Lipinski definition) is 1. The highest BCUT2D eigenvalue weighted by Gasteiger charge is 2.43. The summed E-state index contributed by atoms with van der Waals surface area (Å²) in [5.41, 5.74) is 7.19. The van der Waals surface area contributed by atoms with Crippen molar-refractivity contribution in [2.45, 2.75) is 44.1 Å². The number of ether oxygens (including phenoxy) is 1. The fraction of sp³-hybridized carbons (Fsp3) is 0.533. The largest absolute Gasteiger partial charge is 0.466 e. The van der Waals surface area contributed by atoms with Crippen molar-refractivity contribution >= 4 is 17.6 Å². The van der Waals surface area contributed by atoms with E-state index in [0.717, 1.165) is 24.3 Å². The highest BCUT2D eigenvalue weighted by Crippen LogP contribution is 2.46. The molecule has 0 unspecified atom stereocenters.